The highest BCUT2D eigenvalue weighted by Crippen LogP contribution is 2.42. The van der Waals surface area contributed by atoms with Crippen LogP contribution >= 0.6 is 11.8 Å². The topological polar surface area (TPSA) is 49.4 Å². The molecule has 0 bridgehead atoms. The van der Waals surface area contributed by atoms with Gasteiger partial charge in [-0.2, -0.15) is 0 Å². The third kappa shape index (κ3) is 3.66. The van der Waals surface area contributed by atoms with Crippen molar-refractivity contribution in [3.05, 3.63) is 88.5 Å². The van der Waals surface area contributed by atoms with Crippen molar-refractivity contribution in [2.45, 2.75) is 30.2 Å². The predicted octanol–water partition coefficient (Wildman–Crippen LogP) is 4.97. The molecule has 0 atom stereocenters. The molecule has 1 aliphatic rings. The predicted molar refractivity (Wildman–Crippen MR) is 117 cm³/mol. The monoisotopic (exact) mass is 402 g/mol. The van der Waals surface area contributed by atoms with E-state index in [1.807, 2.05) is 36.4 Å². The summed E-state index contributed by atoms with van der Waals surface area (Å²) in [4.78, 5) is 29.5. The lowest BCUT2D eigenvalue weighted by Gasteiger charge is -2.24. The van der Waals surface area contributed by atoms with Crippen LogP contribution in [0, 0.1) is 13.8 Å². The number of benzene rings is 3. The number of nitrogens with one attached hydrogen (secondary N) is 1. The van der Waals surface area contributed by atoms with Crippen molar-refractivity contribution in [2.24, 2.45) is 0 Å². The molecule has 0 radical (unpaired) electrons. The van der Waals surface area contributed by atoms with Gasteiger partial charge < -0.3 is 10.2 Å². The second kappa shape index (κ2) is 7.76. The highest BCUT2D eigenvalue weighted by molar-refractivity contribution is 7.99. The molecule has 4 rings (SSSR count). The Morgan fingerprint density at radius 1 is 1.00 bits per heavy atom. The van der Waals surface area contributed by atoms with E-state index >= 15 is 0 Å². The maximum Gasteiger partial charge on any atom is 0.259 e. The zero-order valence-electron chi connectivity index (χ0n) is 16.7. The summed E-state index contributed by atoms with van der Waals surface area (Å²) in [5.41, 5.74) is 5.37. The molecule has 0 spiro atoms. The number of hydrogen-bond acceptors (Lipinski definition) is 3. The van der Waals surface area contributed by atoms with Crippen LogP contribution in [0.1, 0.15) is 37.4 Å². The maximum atomic E-state index is 13.6. The summed E-state index contributed by atoms with van der Waals surface area (Å²) >= 11 is 1.56. The molecule has 0 aromatic heterocycles. The van der Waals surface area contributed by atoms with Gasteiger partial charge in [-0.15, -0.1) is 0 Å². The minimum Gasteiger partial charge on any atom is -0.355 e. The second-order valence-electron chi connectivity index (χ2n) is 7.18. The van der Waals surface area contributed by atoms with E-state index in [0.717, 1.165) is 32.2 Å². The Balaban J connectivity index is 1.88. The number of anilines is 1. The van der Waals surface area contributed by atoms with Gasteiger partial charge in [-0.05, 0) is 55.3 Å². The van der Waals surface area contributed by atoms with Crippen molar-refractivity contribution in [1.29, 1.82) is 0 Å². The second-order valence-corrected chi connectivity index (χ2v) is 8.26. The summed E-state index contributed by atoms with van der Waals surface area (Å²) in [7, 11) is 1.61. The molecular formula is C24H22N2O2S. The Morgan fingerprint density at radius 3 is 2.59 bits per heavy atom. The van der Waals surface area contributed by atoms with Crippen molar-refractivity contribution in [1.82, 2.24) is 5.32 Å². The molecule has 0 saturated carbocycles. The SMILES string of the molecule is CNC(=O)c1ccc2c(c1)N(Cc1cc(C)ccc1C)C(=O)c1ccccc1S2. The fraction of sp³-hybridized carbons (Fsp3) is 0.167. The van der Waals surface area contributed by atoms with E-state index in [0.29, 0.717) is 17.7 Å². The van der Waals surface area contributed by atoms with Crippen LogP contribution in [0.25, 0.3) is 0 Å². The Bertz CT molecular complexity index is 1120. The molecule has 1 aliphatic heterocycles. The standard InChI is InChI=1S/C24H22N2O2S/c1-15-8-9-16(2)18(12-15)14-26-20-13-17(23(27)25-3)10-11-22(20)29-21-7-5-4-6-19(21)24(26)28/h4-13H,14H2,1-3H3,(H,25,27). The van der Waals surface area contributed by atoms with Gasteiger partial charge in [-0.25, -0.2) is 0 Å². The Hall–Kier alpha value is -3.05. The summed E-state index contributed by atoms with van der Waals surface area (Å²) in [6.07, 6.45) is 0. The molecule has 4 nitrogen and oxygen atoms in total. The van der Waals surface area contributed by atoms with E-state index < -0.39 is 0 Å². The Kier molecular flexibility index (Phi) is 5.16. The molecular weight excluding hydrogens is 380 g/mol. The van der Waals surface area contributed by atoms with Gasteiger partial charge in [0.15, 0.2) is 0 Å². The van der Waals surface area contributed by atoms with Crippen LogP contribution in [0.5, 0.6) is 0 Å². The van der Waals surface area contributed by atoms with Gasteiger partial charge in [0.25, 0.3) is 11.8 Å². The first-order valence-corrected chi connectivity index (χ1v) is 10.3. The number of hydrogen-bond donors (Lipinski definition) is 1. The average Bonchev–Trinajstić information content (AvgIpc) is 2.84. The number of amides is 2. The molecule has 5 heteroatoms. The molecule has 0 unspecified atom stereocenters. The first-order chi connectivity index (χ1) is 14.0. The molecule has 1 N–H and O–H groups in total. The number of aryl methyl sites for hydroxylation is 2. The van der Waals surface area contributed by atoms with Gasteiger partial charge >= 0.3 is 0 Å². The lowest BCUT2D eigenvalue weighted by atomic mass is 10.0. The largest absolute Gasteiger partial charge is 0.355 e. The molecule has 2 amide bonds. The molecule has 0 saturated heterocycles. The van der Waals surface area contributed by atoms with E-state index in [-0.39, 0.29) is 11.8 Å². The van der Waals surface area contributed by atoms with E-state index in [1.165, 1.54) is 0 Å². The Labute approximate surface area is 174 Å². The van der Waals surface area contributed by atoms with Gasteiger partial charge in [0.05, 0.1) is 17.8 Å². The van der Waals surface area contributed by atoms with Crippen LogP contribution in [0.15, 0.2) is 70.5 Å². The number of carbonyl (C=O) groups excluding carboxylic acids is 2. The van der Waals surface area contributed by atoms with Gasteiger partial charge in [0.1, 0.15) is 0 Å². The first-order valence-electron chi connectivity index (χ1n) is 9.49. The highest BCUT2D eigenvalue weighted by atomic mass is 32.2. The minimum absolute atomic E-state index is 0.0539. The van der Waals surface area contributed by atoms with Gasteiger partial charge in [0, 0.05) is 22.4 Å². The van der Waals surface area contributed by atoms with Crippen molar-refractivity contribution in [3.8, 4) is 0 Å². The zero-order valence-corrected chi connectivity index (χ0v) is 17.5. The first kappa shape index (κ1) is 19.3. The third-order valence-electron chi connectivity index (χ3n) is 5.15. The molecule has 146 valence electrons. The van der Waals surface area contributed by atoms with Crippen molar-refractivity contribution >= 4 is 29.3 Å². The number of nitrogens with zero attached hydrogens (tertiary/aromatic N) is 1. The Morgan fingerprint density at radius 2 is 1.79 bits per heavy atom. The number of rotatable bonds is 3. The van der Waals surface area contributed by atoms with Gasteiger partial charge in [-0.3, -0.25) is 9.59 Å². The van der Waals surface area contributed by atoms with Crippen LogP contribution < -0.4 is 10.2 Å². The fourth-order valence-electron chi connectivity index (χ4n) is 3.50. The van der Waals surface area contributed by atoms with E-state index in [9.17, 15) is 9.59 Å². The summed E-state index contributed by atoms with van der Waals surface area (Å²) in [5.74, 6) is -0.222. The molecule has 3 aromatic rings. The lowest BCUT2D eigenvalue weighted by Crippen LogP contribution is -2.31. The quantitative estimate of drug-likeness (QED) is 0.673. The summed E-state index contributed by atoms with van der Waals surface area (Å²) in [6, 6.07) is 19.5. The van der Waals surface area contributed by atoms with Crippen molar-refractivity contribution < 1.29 is 9.59 Å². The van der Waals surface area contributed by atoms with Crippen LogP contribution in [-0.4, -0.2) is 18.9 Å². The molecule has 1 heterocycles. The van der Waals surface area contributed by atoms with Gasteiger partial charge in [0.2, 0.25) is 0 Å². The lowest BCUT2D eigenvalue weighted by molar-refractivity contribution is 0.0958. The van der Waals surface area contributed by atoms with E-state index in [4.69, 9.17) is 0 Å². The van der Waals surface area contributed by atoms with Crippen LogP contribution in [0.3, 0.4) is 0 Å². The normalized spacial score (nSPS) is 12.8. The van der Waals surface area contributed by atoms with Gasteiger partial charge in [-0.1, -0.05) is 47.7 Å². The van der Waals surface area contributed by atoms with Crippen LogP contribution in [0.2, 0.25) is 0 Å². The fourth-order valence-corrected chi connectivity index (χ4v) is 4.56. The third-order valence-corrected chi connectivity index (χ3v) is 6.30. The average molecular weight is 403 g/mol. The van der Waals surface area contributed by atoms with Crippen LogP contribution in [-0.2, 0) is 6.54 Å². The molecule has 29 heavy (non-hydrogen) atoms. The smallest absolute Gasteiger partial charge is 0.259 e. The summed E-state index contributed by atoms with van der Waals surface area (Å²) in [5, 5.41) is 2.66. The minimum atomic E-state index is -0.168. The summed E-state index contributed by atoms with van der Waals surface area (Å²) < 4.78 is 0. The molecule has 0 fully saturated rings. The van der Waals surface area contributed by atoms with Crippen molar-refractivity contribution in [3.63, 3.8) is 0 Å². The molecule has 0 aliphatic carbocycles. The summed E-state index contributed by atoms with van der Waals surface area (Å²) in [6.45, 7) is 4.56. The maximum absolute atomic E-state index is 13.6. The number of carbonyl (C=O) groups is 2. The van der Waals surface area contributed by atoms with Crippen molar-refractivity contribution in [2.75, 3.05) is 11.9 Å². The molecule has 3 aromatic carbocycles. The highest BCUT2D eigenvalue weighted by Gasteiger charge is 2.28. The zero-order chi connectivity index (χ0) is 20.5. The van der Waals surface area contributed by atoms with E-state index in [2.05, 4.69) is 37.4 Å². The van der Waals surface area contributed by atoms with Crippen LogP contribution in [0.4, 0.5) is 5.69 Å². The number of fused-ring (bicyclic) bond motifs is 2. The van der Waals surface area contributed by atoms with E-state index in [1.54, 1.807) is 29.8 Å².